The van der Waals surface area contributed by atoms with E-state index in [-0.39, 0.29) is 6.61 Å². The van der Waals surface area contributed by atoms with Gasteiger partial charge in [-0.2, -0.15) is 13.2 Å². The number of rotatable bonds is 1. The van der Waals surface area contributed by atoms with Crippen LogP contribution in [-0.4, -0.2) is 36.9 Å². The zero-order valence-corrected chi connectivity index (χ0v) is 16.7. The van der Waals surface area contributed by atoms with Crippen molar-refractivity contribution < 1.29 is 23.0 Å². The van der Waals surface area contributed by atoms with Gasteiger partial charge in [0.2, 0.25) is 0 Å². The molecule has 10 heteroatoms. The summed E-state index contributed by atoms with van der Waals surface area (Å²) in [5.41, 5.74) is 4.68. The van der Waals surface area contributed by atoms with Gasteiger partial charge in [0.05, 0.1) is 6.61 Å². The van der Waals surface area contributed by atoms with Gasteiger partial charge in [0.25, 0.3) is 0 Å². The van der Waals surface area contributed by atoms with Crippen LogP contribution >= 0.6 is 11.3 Å². The Morgan fingerprint density at radius 1 is 1.37 bits per heavy atom. The van der Waals surface area contributed by atoms with Gasteiger partial charge < -0.3 is 25.9 Å². The van der Waals surface area contributed by atoms with Gasteiger partial charge >= 0.3 is 6.18 Å². The highest BCUT2D eigenvalue weighted by Crippen LogP contribution is 2.49. The van der Waals surface area contributed by atoms with E-state index in [1.54, 1.807) is 13.2 Å². The Balaban J connectivity index is 0.000000392. The topological polar surface area (TPSA) is 96.8 Å². The highest BCUT2D eigenvalue weighted by Gasteiger charge is 2.46. The summed E-state index contributed by atoms with van der Waals surface area (Å²) in [6.07, 6.45) is -1.10. The van der Waals surface area contributed by atoms with Crippen LogP contribution in [0.3, 0.4) is 0 Å². The van der Waals surface area contributed by atoms with Crippen molar-refractivity contribution in [2.24, 2.45) is 11.6 Å². The first-order chi connectivity index (χ1) is 12.7. The average Bonchev–Trinajstić information content (AvgIpc) is 3.09. The SMILES string of the molecule is CC.CN(N)/C=C\N.OC1COC2(CCNCC2)c2sc(C(F)(F)F)cc21. The summed E-state index contributed by atoms with van der Waals surface area (Å²) in [5.74, 6) is 5.07. The van der Waals surface area contributed by atoms with E-state index in [4.69, 9.17) is 16.3 Å². The van der Waals surface area contributed by atoms with Crippen molar-refractivity contribution >= 4 is 11.3 Å². The van der Waals surface area contributed by atoms with Crippen LogP contribution in [0.5, 0.6) is 0 Å². The molecule has 1 unspecified atom stereocenters. The number of aliphatic hydroxyl groups is 1. The number of nitrogens with zero attached hydrogens (tertiary/aromatic N) is 1. The Hall–Kier alpha value is -1.33. The third-order valence-corrected chi connectivity index (χ3v) is 5.44. The van der Waals surface area contributed by atoms with E-state index < -0.39 is 22.8 Å². The van der Waals surface area contributed by atoms with Crippen molar-refractivity contribution in [1.29, 1.82) is 0 Å². The first kappa shape index (κ1) is 23.7. The standard InChI is InChI=1S/C12H14F3NO2S.C3H9N3.C2H6/c13-12(14,15)9-5-7-8(17)6-18-11(10(7)19-9)1-3-16-4-2-11;1-6(5)3-2-4;1-2/h5,8,16-17H,1-4,6H2;2-3H,4-5H2,1H3;1-2H3/b;3-2-;. The van der Waals surface area contributed by atoms with Gasteiger partial charge in [-0.25, -0.2) is 5.84 Å². The summed E-state index contributed by atoms with van der Waals surface area (Å²) in [6, 6.07) is 1.08. The Kier molecular flexibility index (Phi) is 9.03. The molecule has 1 atom stereocenters. The Labute approximate surface area is 161 Å². The maximum absolute atomic E-state index is 12.8. The van der Waals surface area contributed by atoms with E-state index in [9.17, 15) is 18.3 Å². The maximum atomic E-state index is 12.8. The molecule has 3 rings (SSSR count). The summed E-state index contributed by atoms with van der Waals surface area (Å²) in [5, 5.41) is 14.4. The van der Waals surface area contributed by atoms with Gasteiger partial charge in [-0.1, -0.05) is 13.8 Å². The van der Waals surface area contributed by atoms with Crippen LogP contribution < -0.4 is 16.9 Å². The largest absolute Gasteiger partial charge is 0.425 e. The molecule has 0 aliphatic carbocycles. The van der Waals surface area contributed by atoms with Gasteiger partial charge in [0.1, 0.15) is 16.6 Å². The average molecular weight is 411 g/mol. The molecule has 156 valence electrons. The van der Waals surface area contributed by atoms with E-state index in [2.05, 4.69) is 5.32 Å². The van der Waals surface area contributed by atoms with Crippen molar-refractivity contribution in [2.75, 3.05) is 26.7 Å². The number of thiophene rings is 1. The van der Waals surface area contributed by atoms with Crippen LogP contribution in [-0.2, 0) is 16.5 Å². The molecule has 2 aliphatic rings. The molecule has 6 N–H and O–H groups in total. The second kappa shape index (κ2) is 10.3. The molecule has 0 bridgehead atoms. The number of piperidine rings is 1. The summed E-state index contributed by atoms with van der Waals surface area (Å²) in [4.78, 5) is -0.0972. The first-order valence-corrected chi connectivity index (χ1v) is 9.61. The van der Waals surface area contributed by atoms with Crippen LogP contribution in [0, 0.1) is 0 Å². The van der Waals surface area contributed by atoms with Gasteiger partial charge in [0.15, 0.2) is 0 Å². The highest BCUT2D eigenvalue weighted by atomic mass is 32.1. The smallest absolute Gasteiger partial charge is 0.403 e. The van der Waals surface area contributed by atoms with Gasteiger partial charge in [-0.3, -0.25) is 0 Å². The summed E-state index contributed by atoms with van der Waals surface area (Å²) in [7, 11) is 1.70. The minimum absolute atomic E-state index is 0.0705. The number of hydrazine groups is 1. The lowest BCUT2D eigenvalue weighted by Gasteiger charge is -2.41. The number of hydrogen-bond acceptors (Lipinski definition) is 7. The quantitative estimate of drug-likeness (QED) is 0.420. The van der Waals surface area contributed by atoms with Crippen molar-refractivity contribution in [3.05, 3.63) is 33.8 Å². The molecule has 1 aromatic heterocycles. The van der Waals surface area contributed by atoms with Gasteiger partial charge in [0, 0.05) is 29.9 Å². The number of fused-ring (bicyclic) bond motifs is 2. The molecular weight excluding hydrogens is 381 g/mol. The number of nitrogens with one attached hydrogen (secondary N) is 1. The third kappa shape index (κ3) is 6.08. The number of aliphatic hydroxyl groups excluding tert-OH is 1. The van der Waals surface area contributed by atoms with Crippen LogP contribution in [0.1, 0.15) is 48.1 Å². The van der Waals surface area contributed by atoms with Crippen LogP contribution in [0.25, 0.3) is 0 Å². The molecular formula is C17H29F3N4O2S. The number of ether oxygens (including phenoxy) is 1. The highest BCUT2D eigenvalue weighted by molar-refractivity contribution is 7.12. The van der Waals surface area contributed by atoms with Crippen LogP contribution in [0.15, 0.2) is 18.5 Å². The van der Waals surface area contributed by atoms with Crippen molar-refractivity contribution in [3.63, 3.8) is 0 Å². The fourth-order valence-electron chi connectivity index (χ4n) is 2.88. The predicted molar refractivity (Wildman–Crippen MR) is 101 cm³/mol. The molecule has 2 aliphatic heterocycles. The third-order valence-electron chi connectivity index (χ3n) is 4.06. The molecule has 0 aromatic carbocycles. The van der Waals surface area contributed by atoms with Gasteiger partial charge in [-0.05, 0) is 32.0 Å². The van der Waals surface area contributed by atoms with E-state index >= 15 is 0 Å². The zero-order valence-electron chi connectivity index (χ0n) is 15.8. The molecule has 1 aromatic rings. The van der Waals surface area contributed by atoms with E-state index in [0.29, 0.717) is 34.6 Å². The molecule has 27 heavy (non-hydrogen) atoms. The lowest BCUT2D eigenvalue weighted by molar-refractivity contribution is -0.134. The van der Waals surface area contributed by atoms with E-state index in [1.165, 1.54) is 11.2 Å². The molecule has 0 radical (unpaired) electrons. The molecule has 6 nitrogen and oxygen atoms in total. The number of alkyl halides is 3. The van der Waals surface area contributed by atoms with Crippen molar-refractivity contribution in [1.82, 2.24) is 10.3 Å². The van der Waals surface area contributed by atoms with Crippen molar-refractivity contribution in [3.8, 4) is 0 Å². The molecule has 3 heterocycles. The summed E-state index contributed by atoms with van der Waals surface area (Å²) < 4.78 is 44.2. The maximum Gasteiger partial charge on any atom is 0.425 e. The number of hydrogen-bond donors (Lipinski definition) is 4. The fourth-order valence-corrected chi connectivity index (χ4v) is 4.16. The minimum Gasteiger partial charge on any atom is -0.403 e. The zero-order chi connectivity index (χ0) is 20.7. The number of halogens is 3. The molecule has 0 saturated carbocycles. The molecule has 1 spiro atoms. The molecule has 1 fully saturated rings. The van der Waals surface area contributed by atoms with Crippen LogP contribution in [0.4, 0.5) is 13.2 Å². The van der Waals surface area contributed by atoms with Gasteiger partial charge in [-0.15, -0.1) is 11.3 Å². The van der Waals surface area contributed by atoms with Crippen LogP contribution in [0.2, 0.25) is 0 Å². The van der Waals surface area contributed by atoms with E-state index in [0.717, 1.165) is 19.2 Å². The summed E-state index contributed by atoms with van der Waals surface area (Å²) >= 11 is 0.714. The first-order valence-electron chi connectivity index (χ1n) is 8.79. The Morgan fingerprint density at radius 3 is 2.41 bits per heavy atom. The molecule has 1 saturated heterocycles. The second-order valence-corrected chi connectivity index (χ2v) is 7.02. The Bertz CT molecular complexity index is 599. The molecule has 0 amide bonds. The second-order valence-electron chi connectivity index (χ2n) is 5.97. The number of nitrogens with two attached hydrogens (primary N) is 2. The minimum atomic E-state index is -4.37. The normalized spacial score (nSPS) is 21.0. The fraction of sp³-hybridized carbons (Fsp3) is 0.647. The van der Waals surface area contributed by atoms with E-state index in [1.807, 2.05) is 13.8 Å². The predicted octanol–water partition coefficient (Wildman–Crippen LogP) is 2.66. The summed E-state index contributed by atoms with van der Waals surface area (Å²) in [6.45, 7) is 5.50. The monoisotopic (exact) mass is 410 g/mol. The lowest BCUT2D eigenvalue weighted by Crippen LogP contribution is -2.44. The Morgan fingerprint density at radius 2 is 1.96 bits per heavy atom. The van der Waals surface area contributed by atoms with Crippen molar-refractivity contribution in [2.45, 2.75) is 44.6 Å². The lowest BCUT2D eigenvalue weighted by atomic mass is 9.85.